The van der Waals surface area contributed by atoms with E-state index in [1.165, 1.54) is 30.0 Å². The van der Waals surface area contributed by atoms with Crippen molar-refractivity contribution >= 4 is 23.4 Å². The Morgan fingerprint density at radius 3 is 2.70 bits per heavy atom. The van der Waals surface area contributed by atoms with Crippen molar-refractivity contribution in [3.8, 4) is 0 Å². The zero-order valence-corrected chi connectivity index (χ0v) is 15.5. The van der Waals surface area contributed by atoms with E-state index in [0.29, 0.717) is 22.3 Å². The van der Waals surface area contributed by atoms with Gasteiger partial charge in [-0.3, -0.25) is 9.59 Å². The first-order chi connectivity index (χ1) is 13.0. The van der Waals surface area contributed by atoms with Crippen LogP contribution in [0.1, 0.15) is 16.8 Å². The number of carbonyl (C=O) groups is 1. The van der Waals surface area contributed by atoms with Gasteiger partial charge in [-0.1, -0.05) is 36.0 Å². The number of benzene rings is 2. The van der Waals surface area contributed by atoms with Gasteiger partial charge in [0.2, 0.25) is 5.91 Å². The molecule has 0 saturated carbocycles. The minimum Gasteiger partial charge on any atom is -0.326 e. The molecule has 3 rings (SSSR count). The Labute approximate surface area is 160 Å². The molecule has 1 amide bonds. The van der Waals surface area contributed by atoms with Crippen LogP contribution in [0.4, 0.5) is 10.1 Å². The number of anilines is 1. The largest absolute Gasteiger partial charge is 0.326 e. The van der Waals surface area contributed by atoms with Gasteiger partial charge >= 0.3 is 0 Å². The number of aryl methyl sites for hydroxylation is 1. The number of aromatic amines is 1. The number of hydrogen-bond acceptors (Lipinski definition) is 4. The molecule has 138 valence electrons. The monoisotopic (exact) mass is 383 g/mol. The molecule has 1 aromatic heterocycles. The lowest BCUT2D eigenvalue weighted by atomic mass is 10.2. The summed E-state index contributed by atoms with van der Waals surface area (Å²) >= 11 is 1.32. The number of aromatic nitrogens is 2. The van der Waals surface area contributed by atoms with Gasteiger partial charge in [0.1, 0.15) is 5.82 Å². The van der Waals surface area contributed by atoms with Gasteiger partial charge in [-0.05, 0) is 42.3 Å². The van der Waals surface area contributed by atoms with E-state index in [1.54, 1.807) is 18.2 Å². The predicted molar refractivity (Wildman–Crippen MR) is 104 cm³/mol. The van der Waals surface area contributed by atoms with E-state index < -0.39 is 0 Å². The molecule has 0 spiro atoms. The summed E-state index contributed by atoms with van der Waals surface area (Å²) in [6, 6.07) is 14.9. The number of nitrogens with one attached hydrogen (secondary N) is 2. The molecule has 0 radical (unpaired) electrons. The zero-order valence-electron chi connectivity index (χ0n) is 14.7. The summed E-state index contributed by atoms with van der Waals surface area (Å²) in [5.41, 5.74) is 2.74. The third kappa shape index (κ3) is 5.79. The highest BCUT2D eigenvalue weighted by molar-refractivity contribution is 7.98. The lowest BCUT2D eigenvalue weighted by Gasteiger charge is -2.07. The van der Waals surface area contributed by atoms with Crippen LogP contribution in [0.2, 0.25) is 0 Å². The van der Waals surface area contributed by atoms with Gasteiger partial charge in [-0.2, -0.15) is 0 Å². The molecule has 0 aliphatic rings. The van der Waals surface area contributed by atoms with Crippen LogP contribution >= 0.6 is 11.8 Å². The molecule has 0 saturated heterocycles. The van der Waals surface area contributed by atoms with Crippen molar-refractivity contribution in [2.24, 2.45) is 0 Å². The fourth-order valence-corrected chi connectivity index (χ4v) is 3.32. The maximum absolute atomic E-state index is 13.0. The Kier molecular flexibility index (Phi) is 6.03. The molecule has 2 aromatic carbocycles. The molecular weight excluding hydrogens is 365 g/mol. The molecule has 2 N–H and O–H groups in total. The molecule has 1 heterocycles. The first kappa shape index (κ1) is 18.8. The predicted octanol–water partition coefficient (Wildman–Crippen LogP) is 3.69. The molecule has 0 fully saturated rings. The smallest absolute Gasteiger partial charge is 0.251 e. The summed E-state index contributed by atoms with van der Waals surface area (Å²) in [4.78, 5) is 31.1. The van der Waals surface area contributed by atoms with Gasteiger partial charge in [0.15, 0.2) is 5.16 Å². The van der Waals surface area contributed by atoms with Gasteiger partial charge in [-0.15, -0.1) is 0 Å². The highest BCUT2D eigenvalue weighted by Gasteiger charge is 2.09. The van der Waals surface area contributed by atoms with E-state index in [0.717, 1.165) is 11.1 Å². The lowest BCUT2D eigenvalue weighted by Crippen LogP contribution is -2.18. The number of carbonyl (C=O) groups excluding carboxylic acids is 1. The van der Waals surface area contributed by atoms with Gasteiger partial charge in [0.25, 0.3) is 5.56 Å². The maximum atomic E-state index is 13.0. The molecular formula is C20H18FN3O2S. The standard InChI is InChI=1S/C20H18FN3O2S/c1-13-3-2-4-16(9-13)22-18(25)10-17-11-19(26)24-20(23-17)27-12-14-5-7-15(21)8-6-14/h2-9,11H,10,12H2,1H3,(H,22,25)(H,23,24,26). The summed E-state index contributed by atoms with van der Waals surface area (Å²) in [5, 5.41) is 3.22. The third-order valence-electron chi connectivity index (χ3n) is 3.71. The van der Waals surface area contributed by atoms with Crippen LogP contribution < -0.4 is 10.9 Å². The van der Waals surface area contributed by atoms with Crippen LogP contribution in [-0.2, 0) is 17.0 Å². The molecule has 0 unspecified atom stereocenters. The van der Waals surface area contributed by atoms with Gasteiger partial charge in [0.05, 0.1) is 12.1 Å². The van der Waals surface area contributed by atoms with E-state index in [2.05, 4.69) is 15.3 Å². The Bertz CT molecular complexity index is 1000. The van der Waals surface area contributed by atoms with Gasteiger partial charge < -0.3 is 10.3 Å². The molecule has 5 nitrogen and oxygen atoms in total. The fraction of sp³-hybridized carbons (Fsp3) is 0.150. The Balaban J connectivity index is 1.64. The van der Waals surface area contributed by atoms with Crippen LogP contribution in [-0.4, -0.2) is 15.9 Å². The lowest BCUT2D eigenvalue weighted by molar-refractivity contribution is -0.115. The molecule has 0 aliphatic heterocycles. The van der Waals surface area contributed by atoms with Crippen molar-refractivity contribution in [2.75, 3.05) is 5.32 Å². The molecule has 7 heteroatoms. The second kappa shape index (κ2) is 8.64. The van der Waals surface area contributed by atoms with Gasteiger partial charge in [0, 0.05) is 17.5 Å². The van der Waals surface area contributed by atoms with E-state index in [1.807, 2.05) is 25.1 Å². The average molecular weight is 383 g/mol. The summed E-state index contributed by atoms with van der Waals surface area (Å²) in [6.45, 7) is 1.94. The SMILES string of the molecule is Cc1cccc(NC(=O)Cc2cc(=O)[nH]c(SCc3ccc(F)cc3)n2)c1. The van der Waals surface area contributed by atoms with Crippen LogP contribution in [0.5, 0.6) is 0 Å². The third-order valence-corrected chi connectivity index (χ3v) is 4.65. The van der Waals surface area contributed by atoms with Crippen molar-refractivity contribution in [2.45, 2.75) is 24.3 Å². The van der Waals surface area contributed by atoms with E-state index >= 15 is 0 Å². The molecule has 27 heavy (non-hydrogen) atoms. The number of nitrogens with zero attached hydrogens (tertiary/aromatic N) is 1. The topological polar surface area (TPSA) is 74.8 Å². The van der Waals surface area contributed by atoms with Crippen LogP contribution in [0, 0.1) is 12.7 Å². The van der Waals surface area contributed by atoms with E-state index in [-0.39, 0.29) is 23.7 Å². The number of halogens is 1. The minimum atomic E-state index is -0.315. The first-order valence-electron chi connectivity index (χ1n) is 8.32. The van der Waals surface area contributed by atoms with Crippen molar-refractivity contribution in [1.82, 2.24) is 9.97 Å². The van der Waals surface area contributed by atoms with Crippen molar-refractivity contribution < 1.29 is 9.18 Å². The molecule has 0 bridgehead atoms. The summed E-state index contributed by atoms with van der Waals surface area (Å²) in [5.74, 6) is -0.00703. The Morgan fingerprint density at radius 2 is 1.96 bits per heavy atom. The fourth-order valence-electron chi connectivity index (χ4n) is 2.47. The zero-order chi connectivity index (χ0) is 19.2. The molecule has 0 aliphatic carbocycles. The van der Waals surface area contributed by atoms with E-state index in [9.17, 15) is 14.0 Å². The van der Waals surface area contributed by atoms with Crippen LogP contribution in [0.3, 0.4) is 0 Å². The number of thioether (sulfide) groups is 1. The van der Waals surface area contributed by atoms with Gasteiger partial charge in [-0.25, -0.2) is 9.37 Å². The van der Waals surface area contributed by atoms with E-state index in [4.69, 9.17) is 0 Å². The molecule has 3 aromatic rings. The summed E-state index contributed by atoms with van der Waals surface area (Å²) in [6.07, 6.45) is 0.00195. The second-order valence-electron chi connectivity index (χ2n) is 6.05. The summed E-state index contributed by atoms with van der Waals surface area (Å²) in [7, 11) is 0. The highest BCUT2D eigenvalue weighted by Crippen LogP contribution is 2.19. The van der Waals surface area contributed by atoms with Crippen molar-refractivity contribution in [3.05, 3.63) is 87.6 Å². The maximum Gasteiger partial charge on any atom is 0.251 e. The van der Waals surface area contributed by atoms with Crippen molar-refractivity contribution in [1.29, 1.82) is 0 Å². The normalized spacial score (nSPS) is 10.6. The van der Waals surface area contributed by atoms with Crippen LogP contribution in [0.25, 0.3) is 0 Å². The van der Waals surface area contributed by atoms with Crippen molar-refractivity contribution in [3.63, 3.8) is 0 Å². The number of amides is 1. The minimum absolute atomic E-state index is 0.00195. The number of rotatable bonds is 6. The summed E-state index contributed by atoms with van der Waals surface area (Å²) < 4.78 is 13.0. The van der Waals surface area contributed by atoms with Crippen LogP contribution in [0.15, 0.2) is 64.5 Å². The highest BCUT2D eigenvalue weighted by atomic mass is 32.2. The first-order valence-corrected chi connectivity index (χ1v) is 9.30. The number of hydrogen-bond donors (Lipinski definition) is 2. The Hall–Kier alpha value is -2.93. The number of H-pyrrole nitrogens is 1. The molecule has 0 atom stereocenters. The quantitative estimate of drug-likeness (QED) is 0.503. The second-order valence-corrected chi connectivity index (χ2v) is 7.02. The Morgan fingerprint density at radius 1 is 1.19 bits per heavy atom. The average Bonchev–Trinajstić information content (AvgIpc) is 2.60.